The highest BCUT2D eigenvalue weighted by atomic mass is 35.5. The van der Waals surface area contributed by atoms with Crippen molar-refractivity contribution in [2.75, 3.05) is 0 Å². The van der Waals surface area contributed by atoms with Gasteiger partial charge in [-0.25, -0.2) is 0 Å². The van der Waals surface area contributed by atoms with Gasteiger partial charge in [0.15, 0.2) is 4.33 Å². The van der Waals surface area contributed by atoms with Crippen molar-refractivity contribution < 1.29 is 0 Å². The molecule has 0 saturated carbocycles. The molecule has 0 aromatic rings. The van der Waals surface area contributed by atoms with Crippen LogP contribution in [-0.2, 0) is 0 Å². The van der Waals surface area contributed by atoms with E-state index in [1.807, 2.05) is 0 Å². The summed E-state index contributed by atoms with van der Waals surface area (Å²) in [5.74, 6) is 0. The predicted molar refractivity (Wildman–Crippen MR) is 54.5 cm³/mol. The molecule has 0 bridgehead atoms. The zero-order chi connectivity index (χ0) is 9.23. The Balaban J connectivity index is 4.70. The van der Waals surface area contributed by atoms with Crippen molar-refractivity contribution in [3.8, 4) is 0 Å². The van der Waals surface area contributed by atoms with Gasteiger partial charge in [-0.05, 0) is 0 Å². The molecule has 0 heterocycles. The molecule has 0 radical (unpaired) electrons. The number of rotatable bonds is 2. The normalized spacial score (nSPS) is 12.0. The van der Waals surface area contributed by atoms with Crippen LogP contribution in [-0.4, -0.2) is 9.17 Å². The van der Waals surface area contributed by atoms with Crippen LogP contribution in [0.5, 0.6) is 0 Å². The first kappa shape index (κ1) is 12.8. The van der Waals surface area contributed by atoms with Crippen LogP contribution < -0.4 is 0 Å². The molecule has 0 amide bonds. The highest BCUT2D eigenvalue weighted by Gasteiger charge is 2.37. The number of alkyl halides is 4. The van der Waals surface area contributed by atoms with Gasteiger partial charge in [0.25, 0.3) is 0 Å². The minimum absolute atomic E-state index is 0.195. The summed E-state index contributed by atoms with van der Waals surface area (Å²) in [4.78, 5) is -1.11. The minimum atomic E-state index is -1.66. The van der Waals surface area contributed by atoms with E-state index in [0.717, 1.165) is 0 Å². The number of halogens is 7. The van der Waals surface area contributed by atoms with Gasteiger partial charge < -0.3 is 0 Å². The van der Waals surface area contributed by atoms with Gasteiger partial charge >= 0.3 is 0 Å². The molecule has 0 unspecified atom stereocenters. The molecule has 0 aliphatic heterocycles. The summed E-state index contributed by atoms with van der Waals surface area (Å²) in [6, 6.07) is 0. The standard InChI is InChI=1S/C4HCl7/c5-1(2(6)7)4(10,11)3(8)9/h3H. The fourth-order valence-electron chi connectivity index (χ4n) is 0.222. The lowest BCUT2D eigenvalue weighted by Crippen LogP contribution is -2.22. The van der Waals surface area contributed by atoms with E-state index in [1.165, 1.54) is 0 Å². The lowest BCUT2D eigenvalue weighted by atomic mass is 10.4. The summed E-state index contributed by atoms with van der Waals surface area (Å²) in [5, 5.41) is -0.195. The Hall–Kier alpha value is 1.77. The molecule has 0 aliphatic carbocycles. The van der Waals surface area contributed by atoms with Gasteiger partial charge in [-0.2, -0.15) is 0 Å². The van der Waals surface area contributed by atoms with Crippen LogP contribution in [0.15, 0.2) is 9.52 Å². The molecule has 7 heteroatoms. The fraction of sp³-hybridized carbons (Fsp3) is 0.500. The summed E-state index contributed by atoms with van der Waals surface area (Å²) in [5.41, 5.74) is 0. The van der Waals surface area contributed by atoms with Gasteiger partial charge in [0.05, 0.1) is 5.03 Å². The van der Waals surface area contributed by atoms with Crippen molar-refractivity contribution in [2.24, 2.45) is 0 Å². The molecule has 0 atom stereocenters. The second-order valence-corrected chi connectivity index (χ2v) is 5.31. The molecular weight excluding hydrogens is 296 g/mol. The number of hydrogen-bond donors (Lipinski definition) is 0. The Labute approximate surface area is 99.3 Å². The predicted octanol–water partition coefficient (Wildman–Crippen LogP) is 4.85. The van der Waals surface area contributed by atoms with Gasteiger partial charge in [0.2, 0.25) is 0 Å². The van der Waals surface area contributed by atoms with Gasteiger partial charge in [0.1, 0.15) is 9.33 Å². The van der Waals surface area contributed by atoms with Gasteiger partial charge in [0, 0.05) is 0 Å². The molecule has 66 valence electrons. The van der Waals surface area contributed by atoms with Gasteiger partial charge in [-0.3, -0.25) is 0 Å². The molecule has 0 aliphatic rings. The lowest BCUT2D eigenvalue weighted by Gasteiger charge is -2.19. The molecule has 0 aromatic heterocycles. The van der Waals surface area contributed by atoms with Crippen LogP contribution in [0.25, 0.3) is 0 Å². The van der Waals surface area contributed by atoms with Crippen molar-refractivity contribution in [3.05, 3.63) is 9.52 Å². The molecule has 11 heavy (non-hydrogen) atoms. The van der Waals surface area contributed by atoms with Crippen LogP contribution in [0, 0.1) is 0 Å². The quantitative estimate of drug-likeness (QED) is 0.639. The van der Waals surface area contributed by atoms with E-state index in [0.29, 0.717) is 0 Å². The highest BCUT2D eigenvalue weighted by molar-refractivity contribution is 6.68. The minimum Gasteiger partial charge on any atom is -0.102 e. The zero-order valence-corrected chi connectivity index (χ0v) is 10.0. The van der Waals surface area contributed by atoms with Crippen molar-refractivity contribution >= 4 is 81.2 Å². The molecule has 0 saturated heterocycles. The van der Waals surface area contributed by atoms with E-state index in [4.69, 9.17) is 81.2 Å². The number of hydrogen-bond acceptors (Lipinski definition) is 0. The first-order chi connectivity index (χ1) is 4.80. The van der Waals surface area contributed by atoms with E-state index < -0.39 is 9.17 Å². The van der Waals surface area contributed by atoms with Crippen LogP contribution in [0.1, 0.15) is 0 Å². The third kappa shape index (κ3) is 3.56. The largest absolute Gasteiger partial charge is 0.185 e. The third-order valence-corrected chi connectivity index (χ3v) is 3.90. The van der Waals surface area contributed by atoms with Gasteiger partial charge in [-0.1, -0.05) is 58.0 Å². The second-order valence-electron chi connectivity index (χ2n) is 1.50. The van der Waals surface area contributed by atoms with Crippen LogP contribution in [0.4, 0.5) is 0 Å². The Bertz CT molecular complexity index is 165. The Morgan fingerprint density at radius 2 is 1.36 bits per heavy atom. The number of allylic oxidation sites excluding steroid dienone is 1. The van der Waals surface area contributed by atoms with Crippen LogP contribution in [0.2, 0.25) is 0 Å². The smallest absolute Gasteiger partial charge is 0.102 e. The van der Waals surface area contributed by atoms with Crippen LogP contribution in [0.3, 0.4) is 0 Å². The monoisotopic (exact) mass is 294 g/mol. The Morgan fingerprint density at radius 1 is 1.00 bits per heavy atom. The maximum atomic E-state index is 5.56. The first-order valence-electron chi connectivity index (χ1n) is 2.17. The summed E-state index contributed by atoms with van der Waals surface area (Å²) in [6.07, 6.45) is 0. The van der Waals surface area contributed by atoms with E-state index in [1.54, 1.807) is 0 Å². The van der Waals surface area contributed by atoms with Crippen molar-refractivity contribution in [2.45, 2.75) is 9.17 Å². The SMILES string of the molecule is ClC(Cl)=C(Cl)C(Cl)(Cl)C(Cl)Cl. The summed E-state index contributed by atoms with van der Waals surface area (Å²) in [7, 11) is 0. The summed E-state index contributed by atoms with van der Waals surface area (Å²) in [6.45, 7) is 0. The summed E-state index contributed by atoms with van der Waals surface area (Å²) < 4.78 is -1.92. The average Bonchev–Trinajstić information content (AvgIpc) is 1.85. The highest BCUT2D eigenvalue weighted by Crippen LogP contribution is 2.43. The van der Waals surface area contributed by atoms with E-state index in [-0.39, 0.29) is 9.52 Å². The Kier molecular flexibility index (Phi) is 5.64. The molecular formula is C4HCl7. The fourth-order valence-corrected chi connectivity index (χ4v) is 1.34. The molecule has 0 aromatic carbocycles. The van der Waals surface area contributed by atoms with Crippen molar-refractivity contribution in [3.63, 3.8) is 0 Å². The van der Waals surface area contributed by atoms with Crippen LogP contribution >= 0.6 is 81.2 Å². The summed E-state index contributed by atoms with van der Waals surface area (Å²) >= 11 is 37.9. The van der Waals surface area contributed by atoms with Gasteiger partial charge in [-0.15, -0.1) is 23.2 Å². The molecule has 0 N–H and O–H groups in total. The van der Waals surface area contributed by atoms with E-state index in [2.05, 4.69) is 0 Å². The topological polar surface area (TPSA) is 0 Å². The lowest BCUT2D eigenvalue weighted by molar-refractivity contribution is 1.04. The maximum absolute atomic E-state index is 5.56. The maximum Gasteiger partial charge on any atom is 0.185 e. The first-order valence-corrected chi connectivity index (χ1v) is 4.93. The molecule has 0 nitrogen and oxygen atoms in total. The molecule has 0 fully saturated rings. The zero-order valence-electron chi connectivity index (χ0n) is 4.72. The molecule has 0 rings (SSSR count). The third-order valence-electron chi connectivity index (χ3n) is 0.733. The van der Waals surface area contributed by atoms with E-state index >= 15 is 0 Å². The Morgan fingerprint density at radius 3 is 1.45 bits per heavy atom. The molecule has 0 spiro atoms. The second kappa shape index (κ2) is 4.85. The van der Waals surface area contributed by atoms with Crippen molar-refractivity contribution in [1.82, 2.24) is 0 Å². The van der Waals surface area contributed by atoms with E-state index in [9.17, 15) is 0 Å². The van der Waals surface area contributed by atoms with Crippen molar-refractivity contribution in [1.29, 1.82) is 0 Å². The average molecular weight is 297 g/mol.